The number of hydrogen-bond acceptors (Lipinski definition) is 8. The smallest absolute Gasteiger partial charge is 0.308 e. The van der Waals surface area contributed by atoms with E-state index in [2.05, 4.69) is 15.1 Å². The molecule has 0 fully saturated rings. The molecule has 0 bridgehead atoms. The molecule has 0 aliphatic rings. The summed E-state index contributed by atoms with van der Waals surface area (Å²) < 4.78 is 23.9. The number of aromatic nitrogens is 4. The third-order valence-corrected chi connectivity index (χ3v) is 5.15. The SMILES string of the molecule is CC(=O)Oc1cn(Cc2ccc(OCc3nc(-c4ccco4)oc3C)nc2)nc1-c1ccccc1. The first-order valence-electron chi connectivity index (χ1n) is 10.9. The van der Waals surface area contributed by atoms with Crippen molar-refractivity contribution in [3.63, 3.8) is 0 Å². The third kappa shape index (κ3) is 5.14. The van der Waals surface area contributed by atoms with Crippen molar-refractivity contribution in [3.05, 3.63) is 90.3 Å². The van der Waals surface area contributed by atoms with Crippen molar-refractivity contribution in [1.82, 2.24) is 19.7 Å². The van der Waals surface area contributed by atoms with Gasteiger partial charge in [-0.1, -0.05) is 36.4 Å². The lowest BCUT2D eigenvalue weighted by Gasteiger charge is -2.05. The first kappa shape index (κ1) is 22.1. The minimum absolute atomic E-state index is 0.216. The second-order valence-electron chi connectivity index (χ2n) is 7.79. The van der Waals surface area contributed by atoms with Gasteiger partial charge in [0.1, 0.15) is 23.8 Å². The van der Waals surface area contributed by atoms with Gasteiger partial charge in [-0.15, -0.1) is 0 Å². The monoisotopic (exact) mass is 470 g/mol. The number of carbonyl (C=O) groups excluding carboxylic acids is 1. The number of esters is 1. The molecule has 5 rings (SSSR count). The molecule has 35 heavy (non-hydrogen) atoms. The van der Waals surface area contributed by atoms with E-state index in [0.717, 1.165) is 11.1 Å². The van der Waals surface area contributed by atoms with E-state index in [-0.39, 0.29) is 6.61 Å². The van der Waals surface area contributed by atoms with Gasteiger partial charge in [0.2, 0.25) is 5.88 Å². The normalized spacial score (nSPS) is 10.9. The second kappa shape index (κ2) is 9.68. The van der Waals surface area contributed by atoms with E-state index < -0.39 is 5.97 Å². The Morgan fingerprint density at radius 2 is 1.94 bits per heavy atom. The number of ether oxygens (including phenoxy) is 2. The highest BCUT2D eigenvalue weighted by molar-refractivity contribution is 5.74. The lowest BCUT2D eigenvalue weighted by atomic mass is 10.1. The van der Waals surface area contributed by atoms with Gasteiger partial charge in [0.25, 0.3) is 5.89 Å². The maximum atomic E-state index is 11.5. The zero-order valence-corrected chi connectivity index (χ0v) is 19.2. The fourth-order valence-electron chi connectivity index (χ4n) is 3.50. The van der Waals surface area contributed by atoms with E-state index >= 15 is 0 Å². The summed E-state index contributed by atoms with van der Waals surface area (Å²) in [4.78, 5) is 20.4. The van der Waals surface area contributed by atoms with Gasteiger partial charge in [0, 0.05) is 24.8 Å². The Morgan fingerprint density at radius 3 is 2.66 bits per heavy atom. The highest BCUT2D eigenvalue weighted by Gasteiger charge is 2.16. The molecule has 1 aromatic carbocycles. The van der Waals surface area contributed by atoms with Crippen LogP contribution >= 0.6 is 0 Å². The summed E-state index contributed by atoms with van der Waals surface area (Å²) in [5.41, 5.74) is 3.05. The highest BCUT2D eigenvalue weighted by atomic mass is 16.5. The van der Waals surface area contributed by atoms with E-state index in [4.69, 9.17) is 18.3 Å². The van der Waals surface area contributed by atoms with Crippen molar-refractivity contribution >= 4 is 5.97 Å². The Kier molecular flexibility index (Phi) is 6.13. The summed E-state index contributed by atoms with van der Waals surface area (Å²) in [5, 5.41) is 4.61. The number of aryl methyl sites for hydroxylation is 1. The minimum Gasteiger partial charge on any atom is -0.471 e. The summed E-state index contributed by atoms with van der Waals surface area (Å²) >= 11 is 0. The van der Waals surface area contributed by atoms with Gasteiger partial charge in [-0.25, -0.2) is 9.97 Å². The number of furan rings is 1. The number of rotatable bonds is 8. The van der Waals surface area contributed by atoms with Gasteiger partial charge in [-0.2, -0.15) is 5.10 Å². The number of pyridine rings is 1. The molecule has 0 atom stereocenters. The van der Waals surface area contributed by atoms with Gasteiger partial charge in [0.15, 0.2) is 11.5 Å². The van der Waals surface area contributed by atoms with Crippen molar-refractivity contribution in [2.24, 2.45) is 0 Å². The largest absolute Gasteiger partial charge is 0.471 e. The molecule has 0 aliphatic heterocycles. The lowest BCUT2D eigenvalue weighted by Crippen LogP contribution is -2.03. The Morgan fingerprint density at radius 1 is 1.09 bits per heavy atom. The Labute approximate surface area is 201 Å². The summed E-state index contributed by atoms with van der Waals surface area (Å²) in [6.07, 6.45) is 4.99. The molecule has 0 amide bonds. The fourth-order valence-corrected chi connectivity index (χ4v) is 3.50. The van der Waals surface area contributed by atoms with E-state index in [1.54, 1.807) is 41.5 Å². The van der Waals surface area contributed by atoms with E-state index in [0.29, 0.717) is 47.0 Å². The van der Waals surface area contributed by atoms with Crippen LogP contribution in [0.25, 0.3) is 22.9 Å². The average molecular weight is 470 g/mol. The van der Waals surface area contributed by atoms with Crippen LogP contribution < -0.4 is 9.47 Å². The van der Waals surface area contributed by atoms with Crippen LogP contribution in [0.15, 0.2) is 82.1 Å². The molecule has 4 heterocycles. The van der Waals surface area contributed by atoms with Crippen molar-refractivity contribution in [1.29, 1.82) is 0 Å². The summed E-state index contributed by atoms with van der Waals surface area (Å²) in [6.45, 7) is 3.86. The zero-order chi connectivity index (χ0) is 24.2. The first-order valence-corrected chi connectivity index (χ1v) is 10.9. The maximum Gasteiger partial charge on any atom is 0.308 e. The Balaban J connectivity index is 1.26. The number of oxazole rings is 1. The third-order valence-electron chi connectivity index (χ3n) is 5.15. The molecule has 0 N–H and O–H groups in total. The van der Waals surface area contributed by atoms with Crippen molar-refractivity contribution in [2.45, 2.75) is 27.0 Å². The molecule has 5 aromatic rings. The van der Waals surface area contributed by atoms with E-state index in [9.17, 15) is 4.79 Å². The molecular formula is C26H22N4O5. The van der Waals surface area contributed by atoms with Gasteiger partial charge in [-0.3, -0.25) is 9.48 Å². The fraction of sp³-hybridized carbons (Fsp3) is 0.154. The van der Waals surface area contributed by atoms with Crippen LogP contribution in [-0.2, 0) is 17.9 Å². The second-order valence-corrected chi connectivity index (χ2v) is 7.79. The van der Waals surface area contributed by atoms with Gasteiger partial charge in [-0.05, 0) is 24.6 Å². The molecule has 0 radical (unpaired) electrons. The van der Waals surface area contributed by atoms with E-state index in [1.807, 2.05) is 43.3 Å². The molecule has 0 saturated heterocycles. The number of benzene rings is 1. The number of hydrogen-bond donors (Lipinski definition) is 0. The first-order chi connectivity index (χ1) is 17.0. The molecular weight excluding hydrogens is 448 g/mol. The predicted molar refractivity (Wildman–Crippen MR) is 126 cm³/mol. The van der Waals surface area contributed by atoms with Crippen LogP contribution in [0.3, 0.4) is 0 Å². The molecule has 4 aromatic heterocycles. The van der Waals surface area contributed by atoms with Crippen LogP contribution in [0, 0.1) is 6.92 Å². The zero-order valence-electron chi connectivity index (χ0n) is 19.2. The Bertz CT molecular complexity index is 1420. The standard InChI is InChI=1S/C26H22N4O5/c1-17-21(28-26(34-17)22-9-6-12-32-22)16-33-24-11-10-19(13-27-24)14-30-15-23(35-18(2)31)25(29-30)20-7-4-3-5-8-20/h3-13,15H,14,16H2,1-2H3. The van der Waals surface area contributed by atoms with Crippen LogP contribution in [0.4, 0.5) is 0 Å². The minimum atomic E-state index is -0.400. The lowest BCUT2D eigenvalue weighted by molar-refractivity contribution is -0.131. The van der Waals surface area contributed by atoms with Crippen LogP contribution in [0.2, 0.25) is 0 Å². The topological polar surface area (TPSA) is 105 Å². The average Bonchev–Trinajstić information content (AvgIpc) is 3.60. The highest BCUT2D eigenvalue weighted by Crippen LogP contribution is 2.29. The Hall–Kier alpha value is -4.66. The van der Waals surface area contributed by atoms with Gasteiger partial charge in [0.05, 0.1) is 19.0 Å². The van der Waals surface area contributed by atoms with Gasteiger partial charge < -0.3 is 18.3 Å². The summed E-state index contributed by atoms with van der Waals surface area (Å²) in [6, 6.07) is 16.8. The predicted octanol–water partition coefficient (Wildman–Crippen LogP) is 5.05. The summed E-state index contributed by atoms with van der Waals surface area (Å²) in [7, 11) is 0. The maximum absolute atomic E-state index is 11.5. The molecule has 176 valence electrons. The van der Waals surface area contributed by atoms with Crippen LogP contribution in [0.1, 0.15) is 23.9 Å². The quantitative estimate of drug-likeness (QED) is 0.290. The van der Waals surface area contributed by atoms with Crippen molar-refractivity contribution < 1.29 is 23.1 Å². The van der Waals surface area contributed by atoms with Crippen LogP contribution in [-0.4, -0.2) is 25.7 Å². The molecule has 0 aliphatic carbocycles. The molecule has 9 heteroatoms. The van der Waals surface area contributed by atoms with Crippen molar-refractivity contribution in [2.75, 3.05) is 0 Å². The number of nitrogens with zero attached hydrogens (tertiary/aromatic N) is 4. The van der Waals surface area contributed by atoms with Crippen molar-refractivity contribution in [3.8, 4) is 34.5 Å². The van der Waals surface area contributed by atoms with E-state index in [1.165, 1.54) is 6.92 Å². The number of carbonyl (C=O) groups is 1. The van der Waals surface area contributed by atoms with Gasteiger partial charge >= 0.3 is 5.97 Å². The molecule has 0 saturated carbocycles. The molecule has 0 spiro atoms. The summed E-state index contributed by atoms with van der Waals surface area (Å²) in [5.74, 6) is 2.10. The molecule has 9 nitrogen and oxygen atoms in total. The molecule has 0 unspecified atom stereocenters. The van der Waals surface area contributed by atoms with Crippen LogP contribution in [0.5, 0.6) is 11.6 Å².